The molecule has 2 aromatic rings. The standard InChI is InChI=1S/C16H18FNO4/c1-9-7-13(14(19)15(20)16(21)22-3)10(2)18(9)12-6-4-5-11(17)8-12/h4-8,14-15,19-20H,1-3H3. The third-order valence-electron chi connectivity index (χ3n) is 3.60. The molecule has 1 aromatic heterocycles. The Balaban J connectivity index is 2.45. The topological polar surface area (TPSA) is 71.7 Å². The van der Waals surface area contributed by atoms with Crippen LogP contribution in [0.1, 0.15) is 23.1 Å². The molecule has 0 spiro atoms. The van der Waals surface area contributed by atoms with Gasteiger partial charge in [0.1, 0.15) is 11.9 Å². The fourth-order valence-electron chi connectivity index (χ4n) is 2.52. The van der Waals surface area contributed by atoms with Crippen LogP contribution in [0.4, 0.5) is 4.39 Å². The van der Waals surface area contributed by atoms with Gasteiger partial charge in [0.05, 0.1) is 7.11 Å². The van der Waals surface area contributed by atoms with Gasteiger partial charge in [0.2, 0.25) is 0 Å². The molecule has 0 saturated carbocycles. The van der Waals surface area contributed by atoms with Gasteiger partial charge in [-0.1, -0.05) is 6.07 Å². The number of aliphatic hydroxyl groups excluding tert-OH is 2. The van der Waals surface area contributed by atoms with E-state index in [1.54, 1.807) is 36.6 Å². The zero-order chi connectivity index (χ0) is 16.4. The predicted molar refractivity (Wildman–Crippen MR) is 78.2 cm³/mol. The van der Waals surface area contributed by atoms with Crippen LogP contribution in [0.3, 0.4) is 0 Å². The highest BCUT2D eigenvalue weighted by molar-refractivity contribution is 5.75. The van der Waals surface area contributed by atoms with Crippen LogP contribution in [0, 0.1) is 19.7 Å². The fourth-order valence-corrected chi connectivity index (χ4v) is 2.52. The van der Waals surface area contributed by atoms with E-state index >= 15 is 0 Å². The molecule has 5 nitrogen and oxygen atoms in total. The van der Waals surface area contributed by atoms with Gasteiger partial charge in [-0.15, -0.1) is 0 Å². The van der Waals surface area contributed by atoms with Crippen LogP contribution in [0.2, 0.25) is 0 Å². The average Bonchev–Trinajstić information content (AvgIpc) is 2.79. The number of aromatic nitrogens is 1. The summed E-state index contributed by atoms with van der Waals surface area (Å²) < 4.78 is 19.6. The summed E-state index contributed by atoms with van der Waals surface area (Å²) >= 11 is 0. The number of hydrogen-bond donors (Lipinski definition) is 2. The molecule has 6 heteroatoms. The van der Waals surface area contributed by atoms with Gasteiger partial charge in [-0.05, 0) is 38.1 Å². The number of aliphatic hydroxyl groups is 2. The van der Waals surface area contributed by atoms with Crippen molar-refractivity contribution in [1.29, 1.82) is 0 Å². The Kier molecular flexibility index (Phi) is 4.63. The zero-order valence-corrected chi connectivity index (χ0v) is 12.6. The van der Waals surface area contributed by atoms with Gasteiger partial charge in [-0.25, -0.2) is 9.18 Å². The second-order valence-corrected chi connectivity index (χ2v) is 5.05. The fraction of sp³-hybridized carbons (Fsp3) is 0.312. The SMILES string of the molecule is COC(=O)C(O)C(O)c1cc(C)n(-c2cccc(F)c2)c1C. The summed E-state index contributed by atoms with van der Waals surface area (Å²) in [6.45, 7) is 3.51. The van der Waals surface area contributed by atoms with E-state index in [4.69, 9.17) is 0 Å². The number of halogens is 1. The highest BCUT2D eigenvalue weighted by atomic mass is 19.1. The van der Waals surface area contributed by atoms with Gasteiger partial charge < -0.3 is 19.5 Å². The Morgan fingerprint density at radius 3 is 2.55 bits per heavy atom. The summed E-state index contributed by atoms with van der Waals surface area (Å²) in [5.74, 6) is -1.29. The van der Waals surface area contributed by atoms with Crippen molar-refractivity contribution in [3.63, 3.8) is 0 Å². The Bertz CT molecular complexity index is 695. The normalized spacial score (nSPS) is 13.7. The summed E-state index contributed by atoms with van der Waals surface area (Å²) in [5.41, 5.74) is 2.34. The monoisotopic (exact) mass is 307 g/mol. The van der Waals surface area contributed by atoms with E-state index in [-0.39, 0.29) is 5.82 Å². The molecule has 2 N–H and O–H groups in total. The first-order valence-corrected chi connectivity index (χ1v) is 6.75. The van der Waals surface area contributed by atoms with E-state index in [1.807, 2.05) is 0 Å². The van der Waals surface area contributed by atoms with E-state index in [2.05, 4.69) is 4.74 Å². The van der Waals surface area contributed by atoms with Gasteiger partial charge in [0.15, 0.2) is 6.10 Å². The minimum Gasteiger partial charge on any atom is -0.467 e. The first-order valence-electron chi connectivity index (χ1n) is 6.75. The smallest absolute Gasteiger partial charge is 0.337 e. The van der Waals surface area contributed by atoms with E-state index < -0.39 is 18.2 Å². The minimum atomic E-state index is -1.67. The van der Waals surface area contributed by atoms with E-state index in [9.17, 15) is 19.4 Å². The molecular weight excluding hydrogens is 289 g/mol. The van der Waals surface area contributed by atoms with Gasteiger partial charge >= 0.3 is 5.97 Å². The van der Waals surface area contributed by atoms with Crippen molar-refractivity contribution in [2.24, 2.45) is 0 Å². The summed E-state index contributed by atoms with van der Waals surface area (Å²) in [6, 6.07) is 7.68. The number of rotatable bonds is 4. The first kappa shape index (κ1) is 16.2. The lowest BCUT2D eigenvalue weighted by atomic mass is 10.0. The van der Waals surface area contributed by atoms with Gasteiger partial charge in [-0.2, -0.15) is 0 Å². The third kappa shape index (κ3) is 2.88. The Hall–Kier alpha value is -2.18. The maximum atomic E-state index is 13.4. The number of benzene rings is 1. The molecular formula is C16H18FNO4. The van der Waals surface area contributed by atoms with Crippen LogP contribution in [0.15, 0.2) is 30.3 Å². The molecule has 0 aliphatic carbocycles. The van der Waals surface area contributed by atoms with Crippen molar-refractivity contribution < 1.29 is 24.1 Å². The molecule has 1 heterocycles. The zero-order valence-electron chi connectivity index (χ0n) is 12.6. The second kappa shape index (κ2) is 6.29. The average molecular weight is 307 g/mol. The van der Waals surface area contributed by atoms with E-state index in [0.29, 0.717) is 16.9 Å². The van der Waals surface area contributed by atoms with Crippen LogP contribution in [-0.2, 0) is 9.53 Å². The Morgan fingerprint density at radius 1 is 1.27 bits per heavy atom. The number of esters is 1. The number of methoxy groups -OCH3 is 1. The molecule has 2 unspecified atom stereocenters. The van der Waals surface area contributed by atoms with Gasteiger partial charge in [-0.3, -0.25) is 0 Å². The van der Waals surface area contributed by atoms with E-state index in [0.717, 1.165) is 12.8 Å². The Labute approximate surface area is 127 Å². The molecule has 0 aliphatic rings. The van der Waals surface area contributed by atoms with Crippen LogP contribution in [0.25, 0.3) is 5.69 Å². The Morgan fingerprint density at radius 2 is 1.95 bits per heavy atom. The molecule has 118 valence electrons. The third-order valence-corrected chi connectivity index (χ3v) is 3.60. The lowest BCUT2D eigenvalue weighted by Crippen LogP contribution is -2.29. The molecule has 22 heavy (non-hydrogen) atoms. The highest BCUT2D eigenvalue weighted by Crippen LogP contribution is 2.28. The predicted octanol–water partition coefficient (Wildman–Crippen LogP) is 1.80. The summed E-state index contributed by atoms with van der Waals surface area (Å²) in [5, 5.41) is 20.0. The second-order valence-electron chi connectivity index (χ2n) is 5.05. The summed E-state index contributed by atoms with van der Waals surface area (Å²) in [7, 11) is 1.13. The van der Waals surface area contributed by atoms with Crippen molar-refractivity contribution in [2.45, 2.75) is 26.1 Å². The maximum absolute atomic E-state index is 13.4. The van der Waals surface area contributed by atoms with Gasteiger partial charge in [0.25, 0.3) is 0 Å². The quantitative estimate of drug-likeness (QED) is 0.845. The lowest BCUT2D eigenvalue weighted by Gasteiger charge is -2.16. The lowest BCUT2D eigenvalue weighted by molar-refractivity contribution is -0.156. The van der Waals surface area contributed by atoms with Crippen LogP contribution in [0.5, 0.6) is 0 Å². The van der Waals surface area contributed by atoms with Crippen LogP contribution in [-0.4, -0.2) is 34.0 Å². The van der Waals surface area contributed by atoms with E-state index in [1.165, 1.54) is 12.1 Å². The molecule has 0 radical (unpaired) electrons. The number of nitrogens with zero attached hydrogens (tertiary/aromatic N) is 1. The molecule has 2 rings (SSSR count). The van der Waals surface area contributed by atoms with Crippen molar-refractivity contribution >= 4 is 5.97 Å². The van der Waals surface area contributed by atoms with Crippen LogP contribution >= 0.6 is 0 Å². The highest BCUT2D eigenvalue weighted by Gasteiger charge is 2.29. The molecule has 1 aromatic carbocycles. The molecule has 0 aliphatic heterocycles. The summed E-state index contributed by atoms with van der Waals surface area (Å²) in [6.07, 6.45) is -3.09. The van der Waals surface area contributed by atoms with Crippen molar-refractivity contribution in [2.75, 3.05) is 7.11 Å². The molecule has 0 amide bonds. The van der Waals surface area contributed by atoms with Crippen molar-refractivity contribution in [1.82, 2.24) is 4.57 Å². The number of carbonyl (C=O) groups excluding carboxylic acids is 1. The summed E-state index contributed by atoms with van der Waals surface area (Å²) in [4.78, 5) is 11.4. The maximum Gasteiger partial charge on any atom is 0.337 e. The number of hydrogen-bond acceptors (Lipinski definition) is 4. The number of aryl methyl sites for hydroxylation is 1. The van der Waals surface area contributed by atoms with Gasteiger partial charge in [0, 0.05) is 22.6 Å². The van der Waals surface area contributed by atoms with Crippen molar-refractivity contribution in [3.8, 4) is 5.69 Å². The number of carbonyl (C=O) groups is 1. The van der Waals surface area contributed by atoms with Crippen LogP contribution < -0.4 is 0 Å². The largest absolute Gasteiger partial charge is 0.467 e. The van der Waals surface area contributed by atoms with Crippen molar-refractivity contribution in [3.05, 3.63) is 53.1 Å². The molecule has 0 saturated heterocycles. The number of ether oxygens (including phenoxy) is 1. The molecule has 0 bridgehead atoms. The minimum absolute atomic E-state index is 0.373. The molecule has 0 fully saturated rings. The molecule has 2 atom stereocenters. The first-order chi connectivity index (χ1) is 10.4.